The molecule has 0 spiro atoms. The number of carboxylic acid groups (broad SMARTS) is 1. The Morgan fingerprint density at radius 2 is 1.88 bits per heavy atom. The second kappa shape index (κ2) is 7.79. The number of carboxylic acids is 1. The Kier molecular flexibility index (Phi) is 5.51. The molecule has 1 heterocycles. The summed E-state index contributed by atoms with van der Waals surface area (Å²) in [5.41, 5.74) is 1.16. The van der Waals surface area contributed by atoms with Crippen LogP contribution in [0.2, 0.25) is 0 Å². The third-order valence-electron chi connectivity index (χ3n) is 5.19. The van der Waals surface area contributed by atoms with Gasteiger partial charge in [0.1, 0.15) is 0 Å². The van der Waals surface area contributed by atoms with Gasteiger partial charge in [0, 0.05) is 24.9 Å². The lowest BCUT2D eigenvalue weighted by molar-refractivity contribution is -0.141. The third kappa shape index (κ3) is 4.15. The smallest absolute Gasteiger partial charge is 0.306 e. The molecule has 24 heavy (non-hydrogen) atoms. The first-order valence-corrected chi connectivity index (χ1v) is 8.76. The number of amides is 1. The summed E-state index contributed by atoms with van der Waals surface area (Å²) in [7, 11) is 0. The number of benzene rings is 1. The molecule has 1 aliphatic carbocycles. The van der Waals surface area contributed by atoms with Gasteiger partial charge >= 0.3 is 5.97 Å². The van der Waals surface area contributed by atoms with Gasteiger partial charge in [0.25, 0.3) is 0 Å². The molecule has 130 valence electrons. The van der Waals surface area contributed by atoms with Crippen molar-refractivity contribution in [2.24, 2.45) is 17.8 Å². The van der Waals surface area contributed by atoms with Crippen LogP contribution in [0.4, 0.5) is 0 Å². The second-order valence-corrected chi connectivity index (χ2v) is 6.98. The van der Waals surface area contributed by atoms with Gasteiger partial charge in [-0.2, -0.15) is 0 Å². The summed E-state index contributed by atoms with van der Waals surface area (Å²) in [6, 6.07) is 10.1. The van der Waals surface area contributed by atoms with E-state index in [-0.39, 0.29) is 17.7 Å². The quantitative estimate of drug-likeness (QED) is 0.870. The molecule has 0 aromatic heterocycles. The molecule has 1 saturated carbocycles. The van der Waals surface area contributed by atoms with Crippen molar-refractivity contribution >= 4 is 11.9 Å². The van der Waals surface area contributed by atoms with E-state index in [0.717, 1.165) is 25.1 Å². The molecule has 1 N–H and O–H groups in total. The van der Waals surface area contributed by atoms with E-state index in [0.29, 0.717) is 38.4 Å². The first kappa shape index (κ1) is 17.0. The maximum Gasteiger partial charge on any atom is 0.306 e. The summed E-state index contributed by atoms with van der Waals surface area (Å²) in [5.74, 6) is -0.681. The number of aliphatic carboxylic acids is 1. The van der Waals surface area contributed by atoms with Crippen molar-refractivity contribution in [1.29, 1.82) is 0 Å². The zero-order chi connectivity index (χ0) is 16.9. The maximum atomic E-state index is 12.5. The van der Waals surface area contributed by atoms with E-state index in [1.807, 2.05) is 35.2 Å². The van der Waals surface area contributed by atoms with E-state index in [2.05, 4.69) is 0 Å². The summed E-state index contributed by atoms with van der Waals surface area (Å²) < 4.78 is 5.79. The fourth-order valence-corrected chi connectivity index (χ4v) is 3.77. The zero-order valence-corrected chi connectivity index (χ0v) is 13.9. The average Bonchev–Trinajstić information content (AvgIpc) is 3.25. The Labute approximate surface area is 142 Å². The highest BCUT2D eigenvalue weighted by molar-refractivity contribution is 5.81. The molecule has 1 aromatic rings. The van der Waals surface area contributed by atoms with E-state index in [1.165, 1.54) is 0 Å². The number of hydrogen-bond donors (Lipinski definition) is 1. The van der Waals surface area contributed by atoms with Crippen LogP contribution in [0.3, 0.4) is 0 Å². The molecule has 5 heteroatoms. The van der Waals surface area contributed by atoms with E-state index in [9.17, 15) is 9.59 Å². The molecule has 3 rings (SSSR count). The molecule has 1 aromatic carbocycles. The van der Waals surface area contributed by atoms with Crippen molar-refractivity contribution in [3.8, 4) is 0 Å². The van der Waals surface area contributed by atoms with Crippen LogP contribution < -0.4 is 0 Å². The summed E-state index contributed by atoms with van der Waals surface area (Å²) in [6.07, 6.45) is 2.81. The number of hydrogen-bond acceptors (Lipinski definition) is 3. The van der Waals surface area contributed by atoms with Crippen LogP contribution in [0.1, 0.15) is 31.2 Å². The predicted octanol–water partition coefficient (Wildman–Crippen LogP) is 2.55. The Balaban J connectivity index is 1.40. The molecule has 1 unspecified atom stereocenters. The number of rotatable bonds is 6. The Hall–Kier alpha value is -1.88. The van der Waals surface area contributed by atoms with Crippen LogP contribution in [-0.4, -0.2) is 41.6 Å². The van der Waals surface area contributed by atoms with Gasteiger partial charge in [0.2, 0.25) is 5.91 Å². The van der Waals surface area contributed by atoms with Gasteiger partial charge in [-0.15, -0.1) is 0 Å². The van der Waals surface area contributed by atoms with Crippen molar-refractivity contribution in [3.63, 3.8) is 0 Å². The molecular formula is C19H25NO4. The third-order valence-corrected chi connectivity index (χ3v) is 5.19. The normalized spacial score (nSPS) is 26.7. The minimum Gasteiger partial charge on any atom is -0.481 e. The lowest BCUT2D eigenvalue weighted by Crippen LogP contribution is -2.34. The predicted molar refractivity (Wildman–Crippen MR) is 89.3 cm³/mol. The van der Waals surface area contributed by atoms with Crippen molar-refractivity contribution < 1.29 is 19.4 Å². The minimum atomic E-state index is -0.765. The zero-order valence-electron chi connectivity index (χ0n) is 13.9. The molecule has 5 nitrogen and oxygen atoms in total. The highest BCUT2D eigenvalue weighted by Gasteiger charge is 2.37. The fourth-order valence-electron chi connectivity index (χ4n) is 3.77. The fraction of sp³-hybridized carbons (Fsp3) is 0.579. The number of ether oxygens (including phenoxy) is 1. The highest BCUT2D eigenvalue weighted by Crippen LogP contribution is 2.33. The van der Waals surface area contributed by atoms with Gasteiger partial charge in [-0.1, -0.05) is 30.3 Å². The standard InChI is InChI=1S/C19H25NO4/c21-18(16-6-7-17(10-16)19(22)23)20-9-8-15(11-20)13-24-12-14-4-2-1-3-5-14/h1-5,15-17H,6-13H2,(H,22,23)/t15?,16-,17+/m0/s1. The minimum absolute atomic E-state index is 0.102. The molecular weight excluding hydrogens is 306 g/mol. The van der Waals surface area contributed by atoms with Gasteiger partial charge in [-0.25, -0.2) is 0 Å². The van der Waals surface area contributed by atoms with Gasteiger partial charge in [0.05, 0.1) is 19.1 Å². The van der Waals surface area contributed by atoms with Crippen molar-refractivity contribution in [2.45, 2.75) is 32.3 Å². The first-order valence-electron chi connectivity index (χ1n) is 8.76. The van der Waals surface area contributed by atoms with Crippen molar-refractivity contribution in [2.75, 3.05) is 19.7 Å². The lowest BCUT2D eigenvalue weighted by atomic mass is 10.0. The van der Waals surface area contributed by atoms with Crippen LogP contribution in [0.5, 0.6) is 0 Å². The number of nitrogens with zero attached hydrogens (tertiary/aromatic N) is 1. The molecule has 1 aliphatic heterocycles. The monoisotopic (exact) mass is 331 g/mol. The largest absolute Gasteiger partial charge is 0.481 e. The summed E-state index contributed by atoms with van der Waals surface area (Å²) >= 11 is 0. The molecule has 2 aliphatic rings. The molecule has 2 fully saturated rings. The van der Waals surface area contributed by atoms with Gasteiger partial charge in [0.15, 0.2) is 0 Å². The summed E-state index contributed by atoms with van der Waals surface area (Å²) in [6.45, 7) is 2.78. The Morgan fingerprint density at radius 1 is 1.12 bits per heavy atom. The van der Waals surface area contributed by atoms with E-state index < -0.39 is 5.97 Å². The van der Waals surface area contributed by atoms with Crippen molar-refractivity contribution in [3.05, 3.63) is 35.9 Å². The number of carbonyl (C=O) groups excluding carboxylic acids is 1. The highest BCUT2D eigenvalue weighted by atomic mass is 16.5. The Bertz CT molecular complexity index is 574. The number of likely N-dealkylation sites (tertiary alicyclic amines) is 1. The molecule has 0 radical (unpaired) electrons. The second-order valence-electron chi connectivity index (χ2n) is 6.98. The van der Waals surface area contributed by atoms with E-state index in [1.54, 1.807) is 0 Å². The maximum absolute atomic E-state index is 12.5. The molecule has 1 saturated heterocycles. The topological polar surface area (TPSA) is 66.8 Å². The van der Waals surface area contributed by atoms with E-state index in [4.69, 9.17) is 9.84 Å². The van der Waals surface area contributed by atoms with Crippen LogP contribution >= 0.6 is 0 Å². The first-order chi connectivity index (χ1) is 11.6. The average molecular weight is 331 g/mol. The van der Waals surface area contributed by atoms with E-state index >= 15 is 0 Å². The number of carbonyl (C=O) groups is 2. The van der Waals surface area contributed by atoms with Gasteiger partial charge in [-0.3, -0.25) is 9.59 Å². The van der Waals surface area contributed by atoms with Crippen LogP contribution in [0, 0.1) is 17.8 Å². The van der Waals surface area contributed by atoms with Gasteiger partial charge < -0.3 is 14.7 Å². The van der Waals surface area contributed by atoms with Crippen LogP contribution in [0.25, 0.3) is 0 Å². The summed E-state index contributed by atoms with van der Waals surface area (Å²) in [5, 5.41) is 9.07. The molecule has 3 atom stereocenters. The summed E-state index contributed by atoms with van der Waals surface area (Å²) in [4.78, 5) is 25.5. The molecule has 0 bridgehead atoms. The molecule has 1 amide bonds. The van der Waals surface area contributed by atoms with Gasteiger partial charge in [-0.05, 0) is 31.2 Å². The Morgan fingerprint density at radius 3 is 2.58 bits per heavy atom. The van der Waals surface area contributed by atoms with Crippen LogP contribution in [0.15, 0.2) is 30.3 Å². The van der Waals surface area contributed by atoms with Crippen LogP contribution in [-0.2, 0) is 20.9 Å². The SMILES string of the molecule is O=C(O)[C@@H]1CC[C@H](C(=O)N2CCC(COCc3ccccc3)C2)C1. The lowest BCUT2D eigenvalue weighted by Gasteiger charge is -2.20. The van der Waals surface area contributed by atoms with Crippen molar-refractivity contribution in [1.82, 2.24) is 4.90 Å².